The zero-order chi connectivity index (χ0) is 14.1. The molecule has 1 fully saturated rings. The van der Waals surface area contributed by atoms with Crippen LogP contribution in [0.2, 0.25) is 0 Å². The molecule has 1 saturated heterocycles. The number of thiophene rings is 1. The predicted molar refractivity (Wildman–Crippen MR) is 79.7 cm³/mol. The van der Waals surface area contributed by atoms with Crippen molar-refractivity contribution in [1.82, 2.24) is 10.2 Å². The van der Waals surface area contributed by atoms with Gasteiger partial charge in [-0.05, 0) is 55.6 Å². The Morgan fingerprint density at radius 2 is 2.35 bits per heavy atom. The van der Waals surface area contributed by atoms with Crippen molar-refractivity contribution < 1.29 is 9.18 Å². The molecule has 3 rings (SSSR count). The van der Waals surface area contributed by atoms with Crippen LogP contribution < -0.4 is 5.32 Å². The van der Waals surface area contributed by atoms with Crippen LogP contribution >= 0.6 is 11.3 Å². The monoisotopic (exact) mass is 292 g/mol. The highest BCUT2D eigenvalue weighted by Gasteiger charge is 2.27. The minimum absolute atomic E-state index is 0.0743. The third-order valence-corrected chi connectivity index (χ3v) is 4.86. The fourth-order valence-corrected chi connectivity index (χ4v) is 3.76. The lowest BCUT2D eigenvalue weighted by Crippen LogP contribution is -2.29. The third-order valence-electron chi connectivity index (χ3n) is 3.75. The highest BCUT2D eigenvalue weighted by atomic mass is 32.1. The Balaban J connectivity index is 1.79. The van der Waals surface area contributed by atoms with Crippen LogP contribution in [0, 0.1) is 11.7 Å². The van der Waals surface area contributed by atoms with E-state index in [1.54, 1.807) is 12.1 Å². The van der Waals surface area contributed by atoms with Gasteiger partial charge in [-0.15, -0.1) is 11.3 Å². The summed E-state index contributed by atoms with van der Waals surface area (Å²) in [7, 11) is 1.94. The number of benzene rings is 1. The summed E-state index contributed by atoms with van der Waals surface area (Å²) in [5, 5.41) is 3.97. The molecule has 2 heterocycles. The Bertz CT molecular complexity index is 640. The lowest BCUT2D eigenvalue weighted by molar-refractivity contribution is 0.0792. The average Bonchev–Trinajstić information content (AvgIpc) is 3.04. The fraction of sp³-hybridized carbons (Fsp3) is 0.400. The van der Waals surface area contributed by atoms with E-state index in [0.29, 0.717) is 10.8 Å². The molecule has 1 unspecified atom stereocenters. The predicted octanol–water partition coefficient (Wildman–Crippen LogP) is 2.72. The molecule has 1 N–H and O–H groups in total. The zero-order valence-corrected chi connectivity index (χ0v) is 12.2. The van der Waals surface area contributed by atoms with Crippen LogP contribution in [0.3, 0.4) is 0 Å². The molecule has 1 aliphatic rings. The number of halogens is 1. The Hall–Kier alpha value is -1.46. The third kappa shape index (κ3) is 2.55. The average molecular weight is 292 g/mol. The molecule has 1 amide bonds. The molecule has 1 aromatic heterocycles. The van der Waals surface area contributed by atoms with E-state index in [1.807, 2.05) is 11.9 Å². The molecular formula is C15H17FN2OS. The standard InChI is InChI=1S/C15H17FN2OS/c1-17-8-10-4-5-18(9-10)15(19)14-7-11-6-12(16)2-3-13(11)20-14/h2-3,6-7,10,17H,4-5,8-9H2,1H3. The molecule has 0 saturated carbocycles. The van der Waals surface area contributed by atoms with Crippen LogP contribution in [0.4, 0.5) is 4.39 Å². The second-order valence-electron chi connectivity index (χ2n) is 5.26. The largest absolute Gasteiger partial charge is 0.338 e. The number of hydrogen-bond donors (Lipinski definition) is 1. The van der Waals surface area contributed by atoms with Crippen LogP contribution in [-0.4, -0.2) is 37.5 Å². The van der Waals surface area contributed by atoms with E-state index in [-0.39, 0.29) is 11.7 Å². The fourth-order valence-electron chi connectivity index (χ4n) is 2.75. The second kappa shape index (κ2) is 5.50. The first-order valence-electron chi connectivity index (χ1n) is 6.80. The van der Waals surface area contributed by atoms with Gasteiger partial charge in [-0.1, -0.05) is 0 Å². The number of hydrogen-bond acceptors (Lipinski definition) is 3. The lowest BCUT2D eigenvalue weighted by atomic mass is 10.1. The molecule has 0 aliphatic carbocycles. The van der Waals surface area contributed by atoms with E-state index in [9.17, 15) is 9.18 Å². The first-order chi connectivity index (χ1) is 9.67. The van der Waals surface area contributed by atoms with Gasteiger partial charge in [0.15, 0.2) is 0 Å². The summed E-state index contributed by atoms with van der Waals surface area (Å²) in [6.45, 7) is 2.57. The normalized spacial score (nSPS) is 18.9. The lowest BCUT2D eigenvalue weighted by Gasteiger charge is -2.15. The van der Waals surface area contributed by atoms with E-state index in [4.69, 9.17) is 0 Å². The van der Waals surface area contributed by atoms with Crippen molar-refractivity contribution in [2.45, 2.75) is 6.42 Å². The van der Waals surface area contributed by atoms with Crippen molar-refractivity contribution in [3.05, 3.63) is 35.0 Å². The van der Waals surface area contributed by atoms with Crippen molar-refractivity contribution in [3.8, 4) is 0 Å². The van der Waals surface area contributed by atoms with Gasteiger partial charge in [0, 0.05) is 17.8 Å². The van der Waals surface area contributed by atoms with E-state index in [1.165, 1.54) is 23.5 Å². The SMILES string of the molecule is CNCC1CCN(C(=O)c2cc3cc(F)ccc3s2)C1. The number of fused-ring (bicyclic) bond motifs is 1. The molecule has 3 nitrogen and oxygen atoms in total. The van der Waals surface area contributed by atoms with Crippen molar-refractivity contribution in [3.63, 3.8) is 0 Å². The zero-order valence-electron chi connectivity index (χ0n) is 11.4. The van der Waals surface area contributed by atoms with Crippen LogP contribution in [-0.2, 0) is 0 Å². The molecule has 0 radical (unpaired) electrons. The summed E-state index contributed by atoms with van der Waals surface area (Å²) in [6, 6.07) is 6.46. The number of likely N-dealkylation sites (tertiary alicyclic amines) is 1. The van der Waals surface area contributed by atoms with Gasteiger partial charge in [0.2, 0.25) is 0 Å². The molecule has 1 atom stereocenters. The number of amides is 1. The molecule has 5 heteroatoms. The Morgan fingerprint density at radius 3 is 3.15 bits per heavy atom. The molecular weight excluding hydrogens is 275 g/mol. The summed E-state index contributed by atoms with van der Waals surface area (Å²) in [6.07, 6.45) is 1.05. The van der Waals surface area contributed by atoms with Gasteiger partial charge in [-0.25, -0.2) is 4.39 Å². The summed E-state index contributed by atoms with van der Waals surface area (Å²) >= 11 is 1.44. The Labute approximate surface area is 121 Å². The first kappa shape index (κ1) is 13.5. The van der Waals surface area contributed by atoms with Gasteiger partial charge in [0.05, 0.1) is 4.88 Å². The van der Waals surface area contributed by atoms with Crippen LogP contribution in [0.1, 0.15) is 16.1 Å². The van der Waals surface area contributed by atoms with Gasteiger partial charge in [0.1, 0.15) is 5.82 Å². The van der Waals surface area contributed by atoms with E-state index in [2.05, 4.69) is 5.32 Å². The van der Waals surface area contributed by atoms with Crippen molar-refractivity contribution in [1.29, 1.82) is 0 Å². The van der Waals surface area contributed by atoms with Crippen molar-refractivity contribution in [2.24, 2.45) is 5.92 Å². The molecule has 106 valence electrons. The first-order valence-corrected chi connectivity index (χ1v) is 7.62. The van der Waals surface area contributed by atoms with Crippen LogP contribution in [0.25, 0.3) is 10.1 Å². The highest BCUT2D eigenvalue weighted by molar-refractivity contribution is 7.20. The van der Waals surface area contributed by atoms with E-state index >= 15 is 0 Å². The number of carbonyl (C=O) groups is 1. The quantitative estimate of drug-likeness (QED) is 0.943. The molecule has 0 spiro atoms. The van der Waals surface area contributed by atoms with Gasteiger partial charge in [0.25, 0.3) is 5.91 Å². The van der Waals surface area contributed by atoms with Gasteiger partial charge >= 0.3 is 0 Å². The molecule has 20 heavy (non-hydrogen) atoms. The molecule has 1 aliphatic heterocycles. The maximum atomic E-state index is 13.2. The Morgan fingerprint density at radius 1 is 1.50 bits per heavy atom. The van der Waals surface area contributed by atoms with Gasteiger partial charge < -0.3 is 10.2 Å². The smallest absolute Gasteiger partial charge is 0.263 e. The summed E-state index contributed by atoms with van der Waals surface area (Å²) in [4.78, 5) is 15.1. The van der Waals surface area contributed by atoms with Crippen LogP contribution in [0.5, 0.6) is 0 Å². The number of rotatable bonds is 3. The van der Waals surface area contributed by atoms with E-state index in [0.717, 1.165) is 36.1 Å². The molecule has 0 bridgehead atoms. The molecule has 1 aromatic carbocycles. The minimum Gasteiger partial charge on any atom is -0.338 e. The maximum absolute atomic E-state index is 13.2. The van der Waals surface area contributed by atoms with Gasteiger partial charge in [-0.3, -0.25) is 4.79 Å². The summed E-state index contributed by atoms with van der Waals surface area (Å²) in [5.41, 5.74) is 0. The Kier molecular flexibility index (Phi) is 3.72. The maximum Gasteiger partial charge on any atom is 0.263 e. The summed E-state index contributed by atoms with van der Waals surface area (Å²) in [5.74, 6) is 0.352. The topological polar surface area (TPSA) is 32.3 Å². The van der Waals surface area contributed by atoms with Crippen molar-refractivity contribution in [2.75, 3.05) is 26.7 Å². The number of carbonyl (C=O) groups excluding carboxylic acids is 1. The summed E-state index contributed by atoms with van der Waals surface area (Å²) < 4.78 is 14.1. The highest BCUT2D eigenvalue weighted by Crippen LogP contribution is 2.28. The van der Waals surface area contributed by atoms with Gasteiger partial charge in [-0.2, -0.15) is 0 Å². The number of nitrogens with one attached hydrogen (secondary N) is 1. The minimum atomic E-state index is -0.260. The van der Waals surface area contributed by atoms with Crippen molar-refractivity contribution >= 4 is 27.3 Å². The second-order valence-corrected chi connectivity index (χ2v) is 6.34. The molecule has 2 aromatic rings. The van der Waals surface area contributed by atoms with Crippen LogP contribution in [0.15, 0.2) is 24.3 Å². The van der Waals surface area contributed by atoms with E-state index < -0.39 is 0 Å². The number of nitrogens with zero attached hydrogens (tertiary/aromatic N) is 1.